The van der Waals surface area contributed by atoms with Crippen LogP contribution in [0.1, 0.15) is 27.7 Å². The molecule has 1 N–H and O–H groups in total. The number of amides is 1. The quantitative estimate of drug-likeness (QED) is 0.347. The van der Waals surface area contributed by atoms with Crippen LogP contribution in [-0.2, 0) is 4.79 Å². The van der Waals surface area contributed by atoms with E-state index in [4.69, 9.17) is 0 Å². The van der Waals surface area contributed by atoms with E-state index in [-0.39, 0.29) is 29.9 Å². The molecule has 0 aliphatic rings. The lowest BCUT2D eigenvalue weighted by Crippen LogP contribution is -3.00. The highest BCUT2D eigenvalue weighted by Crippen LogP contribution is 2.61. The van der Waals surface area contributed by atoms with Crippen LogP contribution in [-0.4, -0.2) is 11.7 Å². The number of hydrogen-bond donors (Lipinski definition) is 1. The van der Waals surface area contributed by atoms with Gasteiger partial charge in [-0.15, -0.1) is 11.8 Å². The van der Waals surface area contributed by atoms with Gasteiger partial charge in [-0.05, 0) is 42.2 Å². The lowest BCUT2D eigenvalue weighted by molar-refractivity contribution is -0.127. The second-order valence-corrected chi connectivity index (χ2v) is 12.9. The van der Waals surface area contributed by atoms with Gasteiger partial charge in [-0.3, -0.25) is 10.1 Å². The largest absolute Gasteiger partial charge is 1.00 e. The number of hydrogen-bond acceptors (Lipinski definition) is 2. The molecule has 0 heterocycles. The molecule has 32 heavy (non-hydrogen) atoms. The van der Waals surface area contributed by atoms with Crippen molar-refractivity contribution in [3.8, 4) is 0 Å². The predicted molar refractivity (Wildman–Crippen MR) is 139 cm³/mol. The predicted octanol–water partition coefficient (Wildman–Crippen LogP) is 2.70. The molecule has 0 aliphatic carbocycles. The summed E-state index contributed by atoms with van der Waals surface area (Å²) >= 11 is 1.73. The Bertz CT molecular complexity index is 921. The molecular formula is C27H31INOPS. The molecule has 1 amide bonds. The van der Waals surface area contributed by atoms with Gasteiger partial charge in [-0.1, -0.05) is 82.3 Å². The average molecular weight is 575 g/mol. The summed E-state index contributed by atoms with van der Waals surface area (Å²) in [5, 5.41) is 9.23. The van der Waals surface area contributed by atoms with Crippen molar-refractivity contribution in [3.63, 3.8) is 0 Å². The van der Waals surface area contributed by atoms with Crippen molar-refractivity contribution in [3.05, 3.63) is 102 Å². The number of carbonyl (C=O) groups excluding carboxylic acids is 1. The molecule has 0 bridgehead atoms. The van der Waals surface area contributed by atoms with Crippen molar-refractivity contribution in [2.45, 2.75) is 27.7 Å². The van der Waals surface area contributed by atoms with E-state index in [1.165, 1.54) is 15.9 Å². The molecule has 0 spiro atoms. The van der Waals surface area contributed by atoms with Gasteiger partial charge >= 0.3 is 0 Å². The highest BCUT2D eigenvalue weighted by molar-refractivity contribution is 8.04. The summed E-state index contributed by atoms with van der Waals surface area (Å²) in [6.07, 6.45) is 0. The van der Waals surface area contributed by atoms with Crippen LogP contribution in [0.5, 0.6) is 0 Å². The van der Waals surface area contributed by atoms with E-state index in [0.717, 1.165) is 11.2 Å². The Kier molecular flexibility index (Phi) is 10.00. The maximum atomic E-state index is 13.2. The van der Waals surface area contributed by atoms with Crippen molar-refractivity contribution in [2.75, 3.05) is 5.75 Å². The molecule has 3 rings (SSSR count). The van der Waals surface area contributed by atoms with Crippen LogP contribution in [0.15, 0.2) is 102 Å². The number of benzene rings is 3. The van der Waals surface area contributed by atoms with Gasteiger partial charge in [0.15, 0.2) is 12.7 Å². The first-order valence-electron chi connectivity index (χ1n) is 10.6. The van der Waals surface area contributed by atoms with Crippen molar-refractivity contribution in [2.24, 2.45) is 5.41 Å². The van der Waals surface area contributed by atoms with Crippen LogP contribution in [0.4, 0.5) is 0 Å². The zero-order valence-electron chi connectivity index (χ0n) is 19.1. The summed E-state index contributed by atoms with van der Waals surface area (Å²) in [4.78, 5) is 13.2. The van der Waals surface area contributed by atoms with E-state index < -0.39 is 12.7 Å². The molecule has 0 atom stereocenters. The molecule has 168 valence electrons. The summed E-state index contributed by atoms with van der Waals surface area (Å²) in [6, 6.07) is 31.9. The minimum Gasteiger partial charge on any atom is -1.00 e. The lowest BCUT2D eigenvalue weighted by Gasteiger charge is -2.30. The zero-order valence-corrected chi connectivity index (χ0v) is 23.0. The zero-order chi connectivity index (χ0) is 22.3. The normalized spacial score (nSPS) is 12.1. The van der Waals surface area contributed by atoms with E-state index in [1.54, 1.807) is 11.8 Å². The Labute approximate surface area is 214 Å². The summed E-state index contributed by atoms with van der Waals surface area (Å²) < 4.78 is 0. The van der Waals surface area contributed by atoms with Gasteiger partial charge in [0.2, 0.25) is 5.91 Å². The summed E-state index contributed by atoms with van der Waals surface area (Å²) in [5.74, 6) is 0.968. The number of thioether (sulfide) groups is 1. The number of halogens is 1. The summed E-state index contributed by atoms with van der Waals surface area (Å²) in [7, 11) is -2.31. The minimum absolute atomic E-state index is 0. The van der Waals surface area contributed by atoms with Crippen molar-refractivity contribution in [1.82, 2.24) is 5.32 Å². The molecule has 3 aromatic carbocycles. The Hall–Kier alpha value is -1.62. The highest BCUT2D eigenvalue weighted by atomic mass is 127. The standard InChI is InChI=1S/C27H30NOPS.HI/c1-5-31-21-25(28-26(29)27(2,3)4)30(22-15-9-6-10-16-22,23-17-11-7-12-18-23)24-19-13-8-14-20-24;/h6-21H,5H2,1-4H3;1H. The molecule has 3 aromatic rings. The number of rotatable bonds is 7. The van der Waals surface area contributed by atoms with Crippen LogP contribution in [0.3, 0.4) is 0 Å². The molecule has 0 radical (unpaired) electrons. The van der Waals surface area contributed by atoms with Gasteiger partial charge in [0.25, 0.3) is 0 Å². The Balaban J connectivity index is 0.00000363. The van der Waals surface area contributed by atoms with Gasteiger partial charge in [0, 0.05) is 10.8 Å². The monoisotopic (exact) mass is 575 g/mol. The lowest BCUT2D eigenvalue weighted by atomic mass is 9.96. The maximum absolute atomic E-state index is 13.2. The molecule has 0 saturated carbocycles. The number of nitrogens with one attached hydrogen (secondary N) is 1. The summed E-state index contributed by atoms with van der Waals surface area (Å²) in [5.41, 5.74) is 0.498. The SMILES string of the molecule is CCSC=C(NC(=O)C(C)(C)C)[P+](c1ccccc1)(c1ccccc1)c1ccccc1.[I-]. The van der Waals surface area contributed by atoms with Gasteiger partial charge in [0.1, 0.15) is 15.9 Å². The van der Waals surface area contributed by atoms with Crippen LogP contribution in [0.25, 0.3) is 0 Å². The summed E-state index contributed by atoms with van der Waals surface area (Å²) in [6.45, 7) is 8.01. The van der Waals surface area contributed by atoms with Crippen molar-refractivity contribution in [1.29, 1.82) is 0 Å². The van der Waals surface area contributed by atoms with E-state index >= 15 is 0 Å². The molecule has 0 fully saturated rings. The van der Waals surface area contributed by atoms with Crippen LogP contribution in [0.2, 0.25) is 0 Å². The van der Waals surface area contributed by atoms with Gasteiger partial charge in [0.05, 0.1) is 0 Å². The van der Waals surface area contributed by atoms with Gasteiger partial charge in [-0.2, -0.15) is 0 Å². The topological polar surface area (TPSA) is 29.1 Å². The fraction of sp³-hybridized carbons (Fsp3) is 0.222. The Morgan fingerprint density at radius 2 is 1.19 bits per heavy atom. The third kappa shape index (κ3) is 5.84. The minimum atomic E-state index is -2.31. The molecule has 0 unspecified atom stereocenters. The maximum Gasteiger partial charge on any atom is 0.232 e. The second-order valence-electron chi connectivity index (χ2n) is 8.34. The van der Waals surface area contributed by atoms with E-state index in [9.17, 15) is 4.79 Å². The highest BCUT2D eigenvalue weighted by Gasteiger charge is 2.51. The van der Waals surface area contributed by atoms with Gasteiger partial charge in [-0.25, -0.2) is 0 Å². The Morgan fingerprint density at radius 1 is 0.812 bits per heavy atom. The molecule has 2 nitrogen and oxygen atoms in total. The van der Waals surface area contributed by atoms with Crippen LogP contribution in [0, 0.1) is 5.41 Å². The van der Waals surface area contributed by atoms with E-state index in [0.29, 0.717) is 0 Å². The average Bonchev–Trinajstić information content (AvgIpc) is 2.79. The first-order chi connectivity index (χ1) is 14.9. The first kappa shape index (κ1) is 26.6. The van der Waals surface area contributed by atoms with Crippen molar-refractivity contribution < 1.29 is 28.8 Å². The molecule has 5 heteroatoms. The fourth-order valence-corrected chi connectivity index (χ4v) is 8.57. The van der Waals surface area contributed by atoms with E-state index in [2.05, 4.69) is 90.4 Å². The second kappa shape index (κ2) is 12.0. The van der Waals surface area contributed by atoms with Gasteiger partial charge < -0.3 is 24.0 Å². The molecule has 0 saturated heterocycles. The number of carbonyl (C=O) groups is 1. The molecule has 0 aliphatic heterocycles. The third-order valence-electron chi connectivity index (χ3n) is 5.08. The first-order valence-corrected chi connectivity index (χ1v) is 13.4. The fourth-order valence-electron chi connectivity index (χ4n) is 3.48. The van der Waals surface area contributed by atoms with E-state index in [1.807, 2.05) is 39.0 Å². The Morgan fingerprint density at radius 3 is 1.50 bits per heavy atom. The van der Waals surface area contributed by atoms with Crippen LogP contribution < -0.4 is 45.2 Å². The molecule has 0 aromatic heterocycles. The van der Waals surface area contributed by atoms with Crippen molar-refractivity contribution >= 4 is 40.8 Å². The molecular weight excluding hydrogens is 544 g/mol. The van der Waals surface area contributed by atoms with Crippen LogP contribution >= 0.6 is 19.0 Å². The third-order valence-corrected chi connectivity index (χ3v) is 10.2. The smallest absolute Gasteiger partial charge is 0.232 e.